The maximum absolute atomic E-state index is 9.45. The maximum Gasteiger partial charge on any atom is 0.217 e. The second-order valence-electron chi connectivity index (χ2n) is 8.78. The molecule has 0 saturated carbocycles. The molecule has 0 aliphatic heterocycles. The lowest BCUT2D eigenvalue weighted by Gasteiger charge is -2.06. The summed E-state index contributed by atoms with van der Waals surface area (Å²) >= 11 is 0. The average molecular weight is 452 g/mol. The molecule has 0 saturated heterocycles. The Labute approximate surface area is 189 Å². The highest BCUT2D eigenvalue weighted by Gasteiger charge is 1.96. The lowest BCUT2D eigenvalue weighted by Crippen LogP contribution is -3.05. The molecule has 1 N–H and O–H groups in total. The molecule has 30 heavy (non-hydrogen) atoms. The summed E-state index contributed by atoms with van der Waals surface area (Å²) in [6.07, 6.45) is 26.4. The smallest absolute Gasteiger partial charge is 0.217 e. The predicted molar refractivity (Wildman–Crippen MR) is 128 cm³/mol. The van der Waals surface area contributed by atoms with Crippen LogP contribution in [0.5, 0.6) is 0 Å². The van der Waals surface area contributed by atoms with E-state index in [1.807, 2.05) is 0 Å². The van der Waals surface area contributed by atoms with E-state index >= 15 is 0 Å². The zero-order chi connectivity index (χ0) is 22.9. The van der Waals surface area contributed by atoms with Crippen LogP contribution in [0.3, 0.4) is 0 Å². The first-order valence-corrected chi connectivity index (χ1v) is 14.1. The Balaban J connectivity index is 0. The normalized spacial score (nSPS) is 11.5. The molecule has 0 heterocycles. The molecule has 184 valence electrons. The predicted octanol–water partition coefficient (Wildman–Crippen LogP) is 5.66. The van der Waals surface area contributed by atoms with Crippen LogP contribution in [0.4, 0.5) is 0 Å². The van der Waals surface area contributed by atoms with E-state index in [9.17, 15) is 13.0 Å². The van der Waals surface area contributed by atoms with Gasteiger partial charge in [0.25, 0.3) is 0 Å². The largest absolute Gasteiger partial charge is 0.726 e. The number of nitrogens with one attached hydrogen (secondary N) is 1. The second-order valence-corrected chi connectivity index (χ2v) is 9.83. The Morgan fingerprint density at radius 3 is 1.10 bits per heavy atom. The van der Waals surface area contributed by atoms with Gasteiger partial charge >= 0.3 is 0 Å². The first-order chi connectivity index (χ1) is 14.3. The molecule has 0 unspecified atom stereocenters. The van der Waals surface area contributed by atoms with Crippen LogP contribution in [0.1, 0.15) is 129 Å². The molecular weight excluding hydrogens is 398 g/mol. The second kappa shape index (κ2) is 25.1. The molecule has 0 bridgehead atoms. The van der Waals surface area contributed by atoms with Crippen LogP contribution in [0.15, 0.2) is 0 Å². The lowest BCUT2D eigenvalue weighted by molar-refractivity contribution is -0.858. The summed E-state index contributed by atoms with van der Waals surface area (Å²) in [5, 5.41) is 0. The SMILES string of the molecule is CCCCCCCCCCCCCCCCCCCC[NH+](C)C.CCOS(=O)(=O)[O-]. The zero-order valence-corrected chi connectivity index (χ0v) is 21.5. The molecule has 0 aromatic rings. The van der Waals surface area contributed by atoms with E-state index in [1.165, 1.54) is 129 Å². The van der Waals surface area contributed by atoms with Gasteiger partial charge in [0.2, 0.25) is 10.4 Å². The van der Waals surface area contributed by atoms with E-state index in [2.05, 4.69) is 25.2 Å². The van der Waals surface area contributed by atoms with Gasteiger partial charge in [-0.05, 0) is 19.8 Å². The highest BCUT2D eigenvalue weighted by molar-refractivity contribution is 7.80. The van der Waals surface area contributed by atoms with Crippen molar-refractivity contribution in [3.63, 3.8) is 0 Å². The molecule has 6 heteroatoms. The van der Waals surface area contributed by atoms with Gasteiger partial charge in [0.15, 0.2) is 0 Å². The standard InChI is InChI=1S/C22H47N.C2H6O4S/c1-4-5-6-7-8-9-10-11-12-13-14-15-16-17-18-19-20-21-22-23(2)3;1-2-6-7(3,4)5/h4-22H2,1-3H3;2H2,1H3,(H,3,4,5). The number of hydrogen-bond donors (Lipinski definition) is 1. The molecule has 0 atom stereocenters. The summed E-state index contributed by atoms with van der Waals surface area (Å²) in [7, 11) is 0.0909. The van der Waals surface area contributed by atoms with Crippen molar-refractivity contribution >= 4 is 10.4 Å². The first kappa shape index (κ1) is 32.0. The van der Waals surface area contributed by atoms with Crippen molar-refractivity contribution in [3.05, 3.63) is 0 Å². The summed E-state index contributed by atoms with van der Waals surface area (Å²) < 4.78 is 32.0. The lowest BCUT2D eigenvalue weighted by atomic mass is 10.0. The molecule has 0 radical (unpaired) electrons. The van der Waals surface area contributed by atoms with Crippen molar-refractivity contribution < 1.29 is 22.1 Å². The van der Waals surface area contributed by atoms with E-state index in [0.717, 1.165) is 0 Å². The monoisotopic (exact) mass is 451 g/mol. The summed E-state index contributed by atoms with van der Waals surface area (Å²) in [5.74, 6) is 0. The van der Waals surface area contributed by atoms with Gasteiger partial charge in [-0.15, -0.1) is 0 Å². The van der Waals surface area contributed by atoms with Crippen LogP contribution in [0.2, 0.25) is 0 Å². The zero-order valence-electron chi connectivity index (χ0n) is 20.7. The fourth-order valence-corrected chi connectivity index (χ4v) is 3.81. The Bertz CT molecular complexity index is 413. The van der Waals surface area contributed by atoms with Crippen LogP contribution in [-0.2, 0) is 14.6 Å². The molecule has 5 nitrogen and oxygen atoms in total. The maximum atomic E-state index is 9.45. The van der Waals surface area contributed by atoms with Crippen molar-refractivity contribution in [1.29, 1.82) is 0 Å². The highest BCUT2D eigenvalue weighted by atomic mass is 32.3. The van der Waals surface area contributed by atoms with Gasteiger partial charge in [-0.3, -0.25) is 4.18 Å². The van der Waals surface area contributed by atoms with Gasteiger partial charge in [-0.25, -0.2) is 8.42 Å². The minimum Gasteiger partial charge on any atom is -0.726 e. The van der Waals surface area contributed by atoms with Gasteiger partial charge < -0.3 is 9.45 Å². The summed E-state index contributed by atoms with van der Waals surface area (Å²) in [6.45, 7) is 4.98. The topological polar surface area (TPSA) is 70.9 Å². The third-order valence-electron chi connectivity index (χ3n) is 5.29. The minimum atomic E-state index is -4.42. The Kier molecular flexibility index (Phi) is 26.8. The highest BCUT2D eigenvalue weighted by Crippen LogP contribution is 2.14. The van der Waals surface area contributed by atoms with Crippen molar-refractivity contribution in [3.8, 4) is 0 Å². The van der Waals surface area contributed by atoms with Gasteiger partial charge in [-0.1, -0.05) is 110 Å². The third-order valence-corrected chi connectivity index (χ3v) is 5.82. The molecule has 0 fully saturated rings. The quantitative estimate of drug-likeness (QED) is 0.139. The minimum absolute atomic E-state index is 0.0914. The molecule has 0 rings (SSSR count). The van der Waals surface area contributed by atoms with Crippen LogP contribution in [0, 0.1) is 0 Å². The van der Waals surface area contributed by atoms with Crippen LogP contribution < -0.4 is 4.90 Å². The van der Waals surface area contributed by atoms with E-state index in [4.69, 9.17) is 0 Å². The molecule has 0 aromatic heterocycles. The fraction of sp³-hybridized carbons (Fsp3) is 1.00. The number of quaternary nitrogens is 1. The van der Waals surface area contributed by atoms with Crippen molar-refractivity contribution in [2.45, 2.75) is 129 Å². The third kappa shape index (κ3) is 35.3. The molecule has 0 amide bonds. The van der Waals surface area contributed by atoms with Crippen molar-refractivity contribution in [2.75, 3.05) is 27.2 Å². The first-order valence-electron chi connectivity index (χ1n) is 12.7. The van der Waals surface area contributed by atoms with Gasteiger partial charge in [-0.2, -0.15) is 0 Å². The fourth-order valence-electron chi connectivity index (χ4n) is 3.52. The summed E-state index contributed by atoms with van der Waals surface area (Å²) in [4.78, 5) is 1.60. The molecular formula is C24H53NO4S. The Hall–Kier alpha value is -0.170. The molecule has 0 aromatic carbocycles. The van der Waals surface area contributed by atoms with E-state index in [1.54, 1.807) is 4.90 Å². The van der Waals surface area contributed by atoms with Crippen molar-refractivity contribution in [2.24, 2.45) is 0 Å². The van der Waals surface area contributed by atoms with E-state index < -0.39 is 10.4 Å². The van der Waals surface area contributed by atoms with Crippen LogP contribution >= 0.6 is 0 Å². The summed E-state index contributed by atoms with van der Waals surface area (Å²) in [6, 6.07) is 0. The van der Waals surface area contributed by atoms with E-state index in [0.29, 0.717) is 0 Å². The molecule has 0 aliphatic rings. The van der Waals surface area contributed by atoms with Gasteiger partial charge in [0.1, 0.15) is 0 Å². The molecule has 0 spiro atoms. The van der Waals surface area contributed by atoms with Gasteiger partial charge in [0.05, 0.1) is 27.2 Å². The van der Waals surface area contributed by atoms with Crippen LogP contribution in [0.25, 0.3) is 0 Å². The van der Waals surface area contributed by atoms with Crippen molar-refractivity contribution in [1.82, 2.24) is 0 Å². The number of rotatable bonds is 21. The molecule has 0 aliphatic carbocycles. The van der Waals surface area contributed by atoms with Gasteiger partial charge in [0, 0.05) is 0 Å². The van der Waals surface area contributed by atoms with Crippen LogP contribution in [-0.4, -0.2) is 40.2 Å². The number of unbranched alkanes of at least 4 members (excludes halogenated alkanes) is 17. The Morgan fingerprint density at radius 2 is 0.900 bits per heavy atom. The van der Waals surface area contributed by atoms with E-state index in [-0.39, 0.29) is 6.61 Å². The average Bonchev–Trinajstić information content (AvgIpc) is 2.66. The summed E-state index contributed by atoms with van der Waals surface area (Å²) in [5.41, 5.74) is 0. The number of hydrogen-bond acceptors (Lipinski definition) is 4. The Morgan fingerprint density at radius 1 is 0.600 bits per heavy atom.